The molecule has 0 spiro atoms. The van der Waals surface area contributed by atoms with Gasteiger partial charge in [0.25, 0.3) is 0 Å². The minimum absolute atomic E-state index is 0. The van der Waals surface area contributed by atoms with Gasteiger partial charge >= 0.3 is 0 Å². The van der Waals surface area contributed by atoms with E-state index in [-0.39, 0.29) is 12.4 Å². The Balaban J connectivity index is 0.00000128. The molecule has 1 atom stereocenters. The first-order valence-electron chi connectivity index (χ1n) is 5.67. The van der Waals surface area contributed by atoms with Crippen molar-refractivity contribution in [1.82, 2.24) is 4.98 Å². The lowest BCUT2D eigenvalue weighted by Gasteiger charge is -2.33. The number of halogens is 1. The molecule has 1 unspecified atom stereocenters. The Kier molecular flexibility index (Phi) is 5.03. The SMILES string of the molecule is Cc1ccc(N2CCCC(CN)C2)nc1.Cl. The third-order valence-electron chi connectivity index (χ3n) is 3.07. The molecule has 1 fully saturated rings. The molecule has 0 aliphatic carbocycles. The van der Waals surface area contributed by atoms with Crippen molar-refractivity contribution in [3.05, 3.63) is 23.9 Å². The van der Waals surface area contributed by atoms with Crippen molar-refractivity contribution in [3.8, 4) is 0 Å². The molecule has 1 saturated heterocycles. The molecule has 1 aromatic heterocycles. The first kappa shape index (κ1) is 13.3. The van der Waals surface area contributed by atoms with Gasteiger partial charge < -0.3 is 10.6 Å². The van der Waals surface area contributed by atoms with Gasteiger partial charge in [-0.1, -0.05) is 6.07 Å². The molecule has 1 aliphatic heterocycles. The molecule has 1 aromatic rings. The third-order valence-corrected chi connectivity index (χ3v) is 3.07. The van der Waals surface area contributed by atoms with Gasteiger partial charge in [-0.05, 0) is 43.9 Å². The fourth-order valence-corrected chi connectivity index (χ4v) is 2.11. The van der Waals surface area contributed by atoms with Crippen LogP contribution in [-0.4, -0.2) is 24.6 Å². The summed E-state index contributed by atoms with van der Waals surface area (Å²) in [6.07, 6.45) is 4.43. The molecule has 1 aliphatic rings. The smallest absolute Gasteiger partial charge is 0.128 e. The van der Waals surface area contributed by atoms with Gasteiger partial charge in [0.2, 0.25) is 0 Å². The van der Waals surface area contributed by atoms with Gasteiger partial charge in [-0.2, -0.15) is 0 Å². The van der Waals surface area contributed by atoms with E-state index in [1.54, 1.807) is 0 Å². The van der Waals surface area contributed by atoms with E-state index in [0.717, 1.165) is 25.5 Å². The van der Waals surface area contributed by atoms with Gasteiger partial charge in [0.15, 0.2) is 0 Å². The molecule has 2 heterocycles. The van der Waals surface area contributed by atoms with Crippen molar-refractivity contribution in [2.24, 2.45) is 11.7 Å². The molecular weight excluding hydrogens is 222 g/mol. The highest BCUT2D eigenvalue weighted by Gasteiger charge is 2.19. The van der Waals surface area contributed by atoms with Gasteiger partial charge in [-0.15, -0.1) is 12.4 Å². The van der Waals surface area contributed by atoms with Crippen molar-refractivity contribution in [3.63, 3.8) is 0 Å². The number of piperidine rings is 1. The van der Waals surface area contributed by atoms with E-state index in [2.05, 4.69) is 28.9 Å². The topological polar surface area (TPSA) is 42.1 Å². The molecule has 16 heavy (non-hydrogen) atoms. The Bertz CT molecular complexity index is 313. The van der Waals surface area contributed by atoms with E-state index in [9.17, 15) is 0 Å². The van der Waals surface area contributed by atoms with E-state index in [1.165, 1.54) is 18.4 Å². The summed E-state index contributed by atoms with van der Waals surface area (Å²) in [5, 5.41) is 0. The van der Waals surface area contributed by atoms with Crippen LogP contribution in [0.1, 0.15) is 18.4 Å². The third kappa shape index (κ3) is 3.09. The van der Waals surface area contributed by atoms with Crippen molar-refractivity contribution in [2.75, 3.05) is 24.5 Å². The van der Waals surface area contributed by atoms with Crippen molar-refractivity contribution < 1.29 is 0 Å². The van der Waals surface area contributed by atoms with Crippen LogP contribution in [-0.2, 0) is 0 Å². The van der Waals surface area contributed by atoms with Crippen LogP contribution >= 0.6 is 12.4 Å². The fourth-order valence-electron chi connectivity index (χ4n) is 2.11. The number of rotatable bonds is 2. The lowest BCUT2D eigenvalue weighted by atomic mass is 9.98. The Morgan fingerprint density at radius 2 is 2.31 bits per heavy atom. The number of pyridine rings is 1. The largest absolute Gasteiger partial charge is 0.356 e. The Labute approximate surface area is 103 Å². The quantitative estimate of drug-likeness (QED) is 0.861. The van der Waals surface area contributed by atoms with E-state index < -0.39 is 0 Å². The van der Waals surface area contributed by atoms with Crippen molar-refractivity contribution in [2.45, 2.75) is 19.8 Å². The summed E-state index contributed by atoms with van der Waals surface area (Å²) < 4.78 is 0. The molecule has 0 saturated carbocycles. The lowest BCUT2D eigenvalue weighted by Crippen LogP contribution is -2.38. The predicted molar refractivity (Wildman–Crippen MR) is 70.2 cm³/mol. The molecule has 3 nitrogen and oxygen atoms in total. The van der Waals surface area contributed by atoms with Crippen LogP contribution in [0.5, 0.6) is 0 Å². The maximum Gasteiger partial charge on any atom is 0.128 e. The van der Waals surface area contributed by atoms with Crippen LogP contribution < -0.4 is 10.6 Å². The minimum atomic E-state index is 0. The number of aromatic nitrogens is 1. The molecule has 0 bridgehead atoms. The Morgan fingerprint density at radius 1 is 1.50 bits per heavy atom. The fraction of sp³-hybridized carbons (Fsp3) is 0.583. The van der Waals surface area contributed by atoms with E-state index in [1.807, 2.05) is 6.20 Å². The highest BCUT2D eigenvalue weighted by Crippen LogP contribution is 2.20. The van der Waals surface area contributed by atoms with Crippen LogP contribution in [0, 0.1) is 12.8 Å². The monoisotopic (exact) mass is 241 g/mol. The molecule has 2 rings (SSSR count). The summed E-state index contributed by atoms with van der Waals surface area (Å²) in [7, 11) is 0. The molecule has 2 N–H and O–H groups in total. The molecule has 0 radical (unpaired) electrons. The van der Waals surface area contributed by atoms with Crippen molar-refractivity contribution in [1.29, 1.82) is 0 Å². The zero-order valence-electron chi connectivity index (χ0n) is 9.72. The van der Waals surface area contributed by atoms with Crippen LogP contribution in [0.4, 0.5) is 5.82 Å². The summed E-state index contributed by atoms with van der Waals surface area (Å²) in [5.74, 6) is 1.74. The summed E-state index contributed by atoms with van der Waals surface area (Å²) in [5.41, 5.74) is 6.93. The van der Waals surface area contributed by atoms with Crippen LogP contribution in [0.2, 0.25) is 0 Å². The highest BCUT2D eigenvalue weighted by atomic mass is 35.5. The summed E-state index contributed by atoms with van der Waals surface area (Å²) in [6.45, 7) is 5.04. The first-order valence-corrected chi connectivity index (χ1v) is 5.67. The minimum Gasteiger partial charge on any atom is -0.356 e. The van der Waals surface area contributed by atoms with Crippen molar-refractivity contribution >= 4 is 18.2 Å². The lowest BCUT2D eigenvalue weighted by molar-refractivity contribution is 0.421. The second-order valence-electron chi connectivity index (χ2n) is 4.38. The van der Waals surface area contributed by atoms with Gasteiger partial charge in [-0.3, -0.25) is 0 Å². The van der Waals surface area contributed by atoms with Gasteiger partial charge in [-0.25, -0.2) is 4.98 Å². The molecule has 4 heteroatoms. The zero-order chi connectivity index (χ0) is 10.7. The van der Waals surface area contributed by atoms with E-state index >= 15 is 0 Å². The average Bonchev–Trinajstić information content (AvgIpc) is 2.30. The molecule has 0 amide bonds. The van der Waals surface area contributed by atoms with E-state index in [4.69, 9.17) is 5.73 Å². The number of anilines is 1. The highest BCUT2D eigenvalue weighted by molar-refractivity contribution is 5.85. The molecule has 90 valence electrons. The number of nitrogens with zero attached hydrogens (tertiary/aromatic N) is 2. The number of aryl methyl sites for hydroxylation is 1. The Morgan fingerprint density at radius 3 is 2.94 bits per heavy atom. The van der Waals surface area contributed by atoms with Crippen LogP contribution in [0.25, 0.3) is 0 Å². The zero-order valence-corrected chi connectivity index (χ0v) is 10.5. The summed E-state index contributed by atoms with van der Waals surface area (Å²) in [6, 6.07) is 4.22. The molecule has 0 aromatic carbocycles. The molecular formula is C12H20ClN3. The Hall–Kier alpha value is -0.800. The average molecular weight is 242 g/mol. The second-order valence-corrected chi connectivity index (χ2v) is 4.38. The van der Waals surface area contributed by atoms with Gasteiger partial charge in [0.05, 0.1) is 0 Å². The summed E-state index contributed by atoms with van der Waals surface area (Å²) in [4.78, 5) is 6.80. The normalized spacial score (nSPS) is 20.4. The summed E-state index contributed by atoms with van der Waals surface area (Å²) >= 11 is 0. The van der Waals surface area contributed by atoms with Crippen LogP contribution in [0.3, 0.4) is 0 Å². The first-order chi connectivity index (χ1) is 7.29. The maximum atomic E-state index is 5.72. The standard InChI is InChI=1S/C12H19N3.ClH/c1-10-4-5-12(14-8-10)15-6-2-3-11(7-13)9-15;/h4-5,8,11H,2-3,6-7,9,13H2,1H3;1H. The van der Waals surface area contributed by atoms with Gasteiger partial charge in [0.1, 0.15) is 5.82 Å². The van der Waals surface area contributed by atoms with Crippen LogP contribution in [0.15, 0.2) is 18.3 Å². The number of hydrogen-bond donors (Lipinski definition) is 1. The maximum absolute atomic E-state index is 5.72. The van der Waals surface area contributed by atoms with E-state index in [0.29, 0.717) is 5.92 Å². The van der Waals surface area contributed by atoms with Gasteiger partial charge in [0, 0.05) is 19.3 Å². The number of nitrogens with two attached hydrogens (primary N) is 1. The predicted octanol–water partition coefficient (Wildman–Crippen LogP) is 1.99. The second kappa shape index (κ2) is 6.06. The number of hydrogen-bond acceptors (Lipinski definition) is 3.